The standard InChI is InChI=1S/C59H98O6/c1-4-7-10-13-16-19-22-25-28-31-34-37-40-43-46-49-52-58(61)64-55-56(54-63-57(60)51-48-45-42-39-36-33-30-27-24-21-18-15-12-9-6-3)65-59(62)53-50-47-44-41-38-35-32-29-26-23-20-17-14-11-8-5-2/h7-8,10-11,16-17,19-21,24-26,28-29,34,37,56H,4-6,9,12-15,18,22-23,27,30-33,35-36,38-55H2,1-3H3/b10-7-,11-8-,19-16-,20-17-,24-21-,28-25-,29-26-,37-34-. The maximum atomic E-state index is 12.8. The zero-order chi connectivity index (χ0) is 47.2. The monoisotopic (exact) mass is 903 g/mol. The van der Waals surface area contributed by atoms with Gasteiger partial charge < -0.3 is 14.2 Å². The van der Waals surface area contributed by atoms with Crippen LogP contribution in [0.3, 0.4) is 0 Å². The van der Waals surface area contributed by atoms with E-state index in [0.717, 1.165) is 122 Å². The summed E-state index contributed by atoms with van der Waals surface area (Å²) in [6.07, 6.45) is 69.6. The lowest BCUT2D eigenvalue weighted by atomic mass is 10.1. The summed E-state index contributed by atoms with van der Waals surface area (Å²) >= 11 is 0. The largest absolute Gasteiger partial charge is 0.462 e. The molecule has 6 heteroatoms. The molecule has 0 aromatic carbocycles. The lowest BCUT2D eigenvalue weighted by Gasteiger charge is -2.18. The highest BCUT2D eigenvalue weighted by Gasteiger charge is 2.19. The summed E-state index contributed by atoms with van der Waals surface area (Å²) in [5.74, 6) is -0.947. The predicted octanol–water partition coefficient (Wildman–Crippen LogP) is 17.8. The van der Waals surface area contributed by atoms with Crippen molar-refractivity contribution in [1.29, 1.82) is 0 Å². The second-order valence-corrected chi connectivity index (χ2v) is 17.4. The van der Waals surface area contributed by atoms with Gasteiger partial charge >= 0.3 is 17.9 Å². The molecular weight excluding hydrogens is 805 g/mol. The number of rotatable bonds is 47. The van der Waals surface area contributed by atoms with Gasteiger partial charge in [-0.15, -0.1) is 0 Å². The van der Waals surface area contributed by atoms with Gasteiger partial charge in [-0.1, -0.05) is 201 Å². The van der Waals surface area contributed by atoms with E-state index < -0.39 is 6.10 Å². The van der Waals surface area contributed by atoms with Crippen molar-refractivity contribution in [3.63, 3.8) is 0 Å². The first-order chi connectivity index (χ1) is 32.0. The van der Waals surface area contributed by atoms with Crippen molar-refractivity contribution in [3.8, 4) is 0 Å². The Morgan fingerprint density at radius 3 is 0.969 bits per heavy atom. The molecule has 370 valence electrons. The number of esters is 3. The first-order valence-corrected chi connectivity index (χ1v) is 26.7. The summed E-state index contributed by atoms with van der Waals surface area (Å²) in [5.41, 5.74) is 0. The van der Waals surface area contributed by atoms with E-state index in [-0.39, 0.29) is 31.1 Å². The van der Waals surface area contributed by atoms with E-state index in [0.29, 0.717) is 19.3 Å². The summed E-state index contributed by atoms with van der Waals surface area (Å²) in [6.45, 7) is 6.36. The molecule has 1 unspecified atom stereocenters. The third-order valence-electron chi connectivity index (χ3n) is 11.1. The van der Waals surface area contributed by atoms with E-state index in [4.69, 9.17) is 14.2 Å². The normalized spacial score (nSPS) is 12.8. The summed E-state index contributed by atoms with van der Waals surface area (Å²) < 4.78 is 16.8. The van der Waals surface area contributed by atoms with Crippen LogP contribution in [-0.2, 0) is 28.6 Å². The Bertz CT molecular complexity index is 1310. The van der Waals surface area contributed by atoms with Crippen LogP contribution in [0.1, 0.15) is 239 Å². The molecule has 0 aliphatic carbocycles. The molecule has 0 amide bonds. The second kappa shape index (κ2) is 52.9. The van der Waals surface area contributed by atoms with Gasteiger partial charge in [0.25, 0.3) is 0 Å². The number of carbonyl (C=O) groups is 3. The van der Waals surface area contributed by atoms with Gasteiger partial charge in [0.1, 0.15) is 13.2 Å². The Morgan fingerprint density at radius 1 is 0.323 bits per heavy atom. The highest BCUT2D eigenvalue weighted by atomic mass is 16.6. The summed E-state index contributed by atoms with van der Waals surface area (Å²) in [4.78, 5) is 38.1. The minimum absolute atomic E-state index is 0.0963. The summed E-state index contributed by atoms with van der Waals surface area (Å²) in [6, 6.07) is 0. The Labute approximate surface area is 400 Å². The Kier molecular flexibility index (Phi) is 50.0. The van der Waals surface area contributed by atoms with Gasteiger partial charge in [0.05, 0.1) is 0 Å². The first kappa shape index (κ1) is 61.3. The molecule has 0 fully saturated rings. The minimum Gasteiger partial charge on any atom is -0.462 e. The average Bonchev–Trinajstić information content (AvgIpc) is 3.30. The van der Waals surface area contributed by atoms with Gasteiger partial charge in [-0.3, -0.25) is 14.4 Å². The van der Waals surface area contributed by atoms with E-state index in [1.807, 2.05) is 0 Å². The number of hydrogen-bond donors (Lipinski definition) is 0. The fourth-order valence-electron chi connectivity index (χ4n) is 7.09. The first-order valence-electron chi connectivity index (χ1n) is 26.7. The van der Waals surface area contributed by atoms with Crippen LogP contribution in [0.2, 0.25) is 0 Å². The van der Waals surface area contributed by atoms with Crippen molar-refractivity contribution >= 4 is 17.9 Å². The molecule has 0 aliphatic heterocycles. The lowest BCUT2D eigenvalue weighted by Crippen LogP contribution is -2.30. The van der Waals surface area contributed by atoms with Crippen LogP contribution in [0.5, 0.6) is 0 Å². The smallest absolute Gasteiger partial charge is 0.306 e. The van der Waals surface area contributed by atoms with Gasteiger partial charge in [-0.05, 0) is 116 Å². The molecule has 0 aromatic heterocycles. The van der Waals surface area contributed by atoms with E-state index in [1.165, 1.54) is 77.0 Å². The van der Waals surface area contributed by atoms with Gasteiger partial charge in [0.15, 0.2) is 6.10 Å². The number of carbonyl (C=O) groups excluding carboxylic acids is 3. The zero-order valence-corrected chi connectivity index (χ0v) is 42.2. The SMILES string of the molecule is CC/C=C\C/C=C\C/C=C\C/C=C\CCCCCC(=O)OCC(COC(=O)CCCCCCCCC/C=C\CCCCCC)OC(=O)CCCCCCCC/C=C\C/C=C\C/C=C\CC. The molecule has 1 atom stereocenters. The van der Waals surface area contributed by atoms with Crippen molar-refractivity contribution in [1.82, 2.24) is 0 Å². The highest BCUT2D eigenvalue weighted by Crippen LogP contribution is 2.14. The fourth-order valence-corrected chi connectivity index (χ4v) is 7.09. The molecule has 0 aromatic rings. The molecule has 0 saturated carbocycles. The quantitative estimate of drug-likeness (QED) is 0.0262. The second-order valence-electron chi connectivity index (χ2n) is 17.4. The number of hydrogen-bond acceptors (Lipinski definition) is 6. The topological polar surface area (TPSA) is 78.9 Å². The third-order valence-corrected chi connectivity index (χ3v) is 11.1. The zero-order valence-electron chi connectivity index (χ0n) is 42.2. The van der Waals surface area contributed by atoms with Gasteiger partial charge in [-0.25, -0.2) is 0 Å². The fraction of sp³-hybridized carbons (Fsp3) is 0.678. The third kappa shape index (κ3) is 51.2. The van der Waals surface area contributed by atoms with Crippen LogP contribution in [0.4, 0.5) is 0 Å². The van der Waals surface area contributed by atoms with Crippen LogP contribution in [0.15, 0.2) is 97.2 Å². The van der Waals surface area contributed by atoms with Crippen LogP contribution < -0.4 is 0 Å². The van der Waals surface area contributed by atoms with Crippen molar-refractivity contribution < 1.29 is 28.6 Å². The van der Waals surface area contributed by atoms with E-state index in [1.54, 1.807) is 0 Å². The molecular formula is C59H98O6. The van der Waals surface area contributed by atoms with E-state index >= 15 is 0 Å². The number of unbranched alkanes of at least 4 members (excludes halogenated alkanes) is 20. The average molecular weight is 903 g/mol. The molecule has 0 rings (SSSR count). The van der Waals surface area contributed by atoms with Crippen molar-refractivity contribution in [3.05, 3.63) is 97.2 Å². The van der Waals surface area contributed by atoms with Gasteiger partial charge in [0.2, 0.25) is 0 Å². The number of allylic oxidation sites excluding steroid dienone is 16. The number of ether oxygens (including phenoxy) is 3. The van der Waals surface area contributed by atoms with Crippen molar-refractivity contribution in [2.24, 2.45) is 0 Å². The molecule has 0 heterocycles. The van der Waals surface area contributed by atoms with Crippen LogP contribution in [0.25, 0.3) is 0 Å². The van der Waals surface area contributed by atoms with Gasteiger partial charge in [-0.2, -0.15) is 0 Å². The van der Waals surface area contributed by atoms with E-state index in [2.05, 4.69) is 118 Å². The lowest BCUT2D eigenvalue weighted by molar-refractivity contribution is -0.167. The summed E-state index contributed by atoms with van der Waals surface area (Å²) in [5, 5.41) is 0. The van der Waals surface area contributed by atoms with Gasteiger partial charge in [0, 0.05) is 19.3 Å². The molecule has 6 nitrogen and oxygen atoms in total. The molecule has 0 aliphatic rings. The van der Waals surface area contributed by atoms with Crippen molar-refractivity contribution in [2.45, 2.75) is 245 Å². The Hall–Kier alpha value is -3.67. The van der Waals surface area contributed by atoms with Crippen molar-refractivity contribution in [2.75, 3.05) is 13.2 Å². The molecule has 65 heavy (non-hydrogen) atoms. The Balaban J connectivity index is 4.48. The highest BCUT2D eigenvalue weighted by molar-refractivity contribution is 5.71. The predicted molar refractivity (Wildman–Crippen MR) is 279 cm³/mol. The Morgan fingerprint density at radius 2 is 0.600 bits per heavy atom. The van der Waals surface area contributed by atoms with E-state index in [9.17, 15) is 14.4 Å². The van der Waals surface area contributed by atoms with Crippen LogP contribution >= 0.6 is 0 Å². The molecule has 0 radical (unpaired) electrons. The maximum absolute atomic E-state index is 12.8. The molecule has 0 spiro atoms. The molecule has 0 bridgehead atoms. The molecule has 0 N–H and O–H groups in total. The van der Waals surface area contributed by atoms with Crippen LogP contribution in [0, 0.1) is 0 Å². The molecule has 0 saturated heterocycles. The minimum atomic E-state index is -0.800. The van der Waals surface area contributed by atoms with Crippen LogP contribution in [-0.4, -0.2) is 37.2 Å². The summed E-state index contributed by atoms with van der Waals surface area (Å²) in [7, 11) is 0. The maximum Gasteiger partial charge on any atom is 0.306 e.